The number of nitrogens with one attached hydrogen (secondary N) is 1. The molecule has 26 heavy (non-hydrogen) atoms. The van der Waals surface area contributed by atoms with Gasteiger partial charge in [0.1, 0.15) is 5.69 Å². The summed E-state index contributed by atoms with van der Waals surface area (Å²) in [6.07, 6.45) is 0.221. The maximum atomic E-state index is 12.6. The maximum Gasteiger partial charge on any atom is 0.272 e. The van der Waals surface area contributed by atoms with Crippen LogP contribution in [0.15, 0.2) is 41.4 Å². The smallest absolute Gasteiger partial charge is 0.272 e. The molecule has 1 aromatic heterocycles. The summed E-state index contributed by atoms with van der Waals surface area (Å²) in [4.78, 5) is 16.5. The number of aryl methyl sites for hydroxylation is 1. The Morgan fingerprint density at radius 2 is 2.04 bits per heavy atom. The van der Waals surface area contributed by atoms with Gasteiger partial charge in [-0.2, -0.15) is 0 Å². The predicted octanol–water partition coefficient (Wildman–Crippen LogP) is 2.94. The average Bonchev–Trinajstić information content (AvgIpc) is 2.59. The third kappa shape index (κ3) is 4.98. The van der Waals surface area contributed by atoms with Gasteiger partial charge < -0.3 is 10.1 Å². The molecular weight excluding hydrogens is 366 g/mol. The Balaban J connectivity index is 2.33. The minimum atomic E-state index is -3.48. The second-order valence-corrected chi connectivity index (χ2v) is 7.47. The van der Waals surface area contributed by atoms with E-state index in [1.807, 2.05) is 6.92 Å². The summed E-state index contributed by atoms with van der Waals surface area (Å²) < 4.78 is 53.0. The highest BCUT2D eigenvalue weighted by Gasteiger charge is 2.18. The van der Waals surface area contributed by atoms with Crippen LogP contribution in [0.3, 0.4) is 0 Å². The molecule has 2 aromatic rings. The minimum absolute atomic E-state index is 0.0141. The zero-order chi connectivity index (χ0) is 19.3. The van der Waals surface area contributed by atoms with Gasteiger partial charge in [-0.25, -0.2) is 22.2 Å². The third-order valence-electron chi connectivity index (χ3n) is 3.50. The Morgan fingerprint density at radius 3 is 2.65 bits per heavy atom. The first-order valence-electron chi connectivity index (χ1n) is 7.72. The summed E-state index contributed by atoms with van der Waals surface area (Å²) in [5, 5.41) is 2.54. The van der Waals surface area contributed by atoms with Gasteiger partial charge in [0.15, 0.2) is 16.4 Å². The molecule has 0 radical (unpaired) electrons. The van der Waals surface area contributed by atoms with E-state index in [9.17, 15) is 22.0 Å². The number of amides is 1. The Bertz CT molecular complexity index is 901. The van der Waals surface area contributed by atoms with E-state index in [0.717, 1.165) is 6.26 Å². The van der Waals surface area contributed by atoms with Gasteiger partial charge in [-0.3, -0.25) is 4.79 Å². The SMILES string of the molecule is CCc1ccc(S(C)(=O)=O)cc1C(=O)Nc1cccnc1OCC(F)F. The molecule has 0 aliphatic carbocycles. The number of rotatable bonds is 7. The molecule has 0 unspecified atom stereocenters. The number of sulfone groups is 1. The van der Waals surface area contributed by atoms with Crippen LogP contribution in [-0.4, -0.2) is 38.6 Å². The molecule has 0 bridgehead atoms. The van der Waals surface area contributed by atoms with Crippen LogP contribution < -0.4 is 10.1 Å². The fourth-order valence-electron chi connectivity index (χ4n) is 2.24. The van der Waals surface area contributed by atoms with Gasteiger partial charge >= 0.3 is 0 Å². The number of hydrogen-bond acceptors (Lipinski definition) is 5. The van der Waals surface area contributed by atoms with Crippen LogP contribution in [0.2, 0.25) is 0 Å². The van der Waals surface area contributed by atoms with Gasteiger partial charge in [0.25, 0.3) is 12.3 Å². The van der Waals surface area contributed by atoms with Gasteiger partial charge in [0.05, 0.1) is 4.90 Å². The fourth-order valence-corrected chi connectivity index (χ4v) is 2.89. The van der Waals surface area contributed by atoms with Crippen molar-refractivity contribution in [2.75, 3.05) is 18.2 Å². The van der Waals surface area contributed by atoms with Crippen molar-refractivity contribution in [3.63, 3.8) is 0 Å². The van der Waals surface area contributed by atoms with Crippen molar-refractivity contribution in [2.24, 2.45) is 0 Å². The number of ether oxygens (including phenoxy) is 1. The quantitative estimate of drug-likeness (QED) is 0.793. The van der Waals surface area contributed by atoms with E-state index in [4.69, 9.17) is 4.74 Å². The van der Waals surface area contributed by atoms with Gasteiger partial charge in [-0.1, -0.05) is 13.0 Å². The minimum Gasteiger partial charge on any atom is -0.470 e. The molecule has 0 fully saturated rings. The lowest BCUT2D eigenvalue weighted by atomic mass is 10.0. The molecule has 1 aromatic carbocycles. The third-order valence-corrected chi connectivity index (χ3v) is 4.61. The number of hydrogen-bond donors (Lipinski definition) is 1. The molecule has 0 aliphatic heterocycles. The average molecular weight is 384 g/mol. The summed E-state index contributed by atoms with van der Waals surface area (Å²) in [7, 11) is -3.48. The summed E-state index contributed by atoms with van der Waals surface area (Å²) in [5.41, 5.74) is 0.942. The predicted molar refractivity (Wildman–Crippen MR) is 92.6 cm³/mol. The van der Waals surface area contributed by atoms with E-state index < -0.39 is 28.8 Å². The fraction of sp³-hybridized carbons (Fsp3) is 0.294. The first kappa shape index (κ1) is 19.8. The first-order valence-corrected chi connectivity index (χ1v) is 9.61. The number of alkyl halides is 2. The zero-order valence-corrected chi connectivity index (χ0v) is 15.0. The second-order valence-electron chi connectivity index (χ2n) is 5.46. The summed E-state index contributed by atoms with van der Waals surface area (Å²) >= 11 is 0. The highest BCUT2D eigenvalue weighted by Crippen LogP contribution is 2.24. The van der Waals surface area contributed by atoms with Crippen molar-refractivity contribution in [1.82, 2.24) is 4.98 Å². The lowest BCUT2D eigenvalue weighted by molar-refractivity contribution is 0.0799. The molecule has 2 rings (SSSR count). The number of halogens is 2. The Morgan fingerprint density at radius 1 is 1.31 bits per heavy atom. The molecule has 1 heterocycles. The van der Waals surface area contributed by atoms with Crippen molar-refractivity contribution >= 4 is 21.4 Å². The standard InChI is InChI=1S/C17H18F2N2O4S/c1-3-11-6-7-12(26(2,23)24)9-13(11)16(22)21-14-5-4-8-20-17(14)25-10-15(18)19/h4-9,15H,3,10H2,1-2H3,(H,21,22). The van der Waals surface area contributed by atoms with Crippen molar-refractivity contribution in [1.29, 1.82) is 0 Å². The van der Waals surface area contributed by atoms with Crippen LogP contribution in [0.25, 0.3) is 0 Å². The molecule has 1 amide bonds. The van der Waals surface area contributed by atoms with Crippen molar-refractivity contribution in [2.45, 2.75) is 24.7 Å². The largest absolute Gasteiger partial charge is 0.470 e. The van der Waals surface area contributed by atoms with Crippen LogP contribution in [-0.2, 0) is 16.3 Å². The number of aromatic nitrogens is 1. The van der Waals surface area contributed by atoms with Gasteiger partial charge in [0.2, 0.25) is 5.88 Å². The lowest BCUT2D eigenvalue weighted by Crippen LogP contribution is -2.17. The molecule has 140 valence electrons. The Kier molecular flexibility index (Phi) is 6.25. The van der Waals surface area contributed by atoms with Gasteiger partial charge in [-0.05, 0) is 36.2 Å². The number of benzene rings is 1. The van der Waals surface area contributed by atoms with Crippen molar-refractivity contribution < 1.29 is 26.7 Å². The summed E-state index contributed by atoms with van der Waals surface area (Å²) in [6, 6.07) is 7.27. The van der Waals surface area contributed by atoms with Crippen LogP contribution in [0, 0.1) is 0 Å². The molecule has 0 saturated heterocycles. The van der Waals surface area contributed by atoms with E-state index in [-0.39, 0.29) is 22.0 Å². The Hall–Kier alpha value is -2.55. The second kappa shape index (κ2) is 8.22. The number of carbonyl (C=O) groups is 1. The zero-order valence-electron chi connectivity index (χ0n) is 14.2. The van der Waals surface area contributed by atoms with Gasteiger partial charge in [0, 0.05) is 18.0 Å². The molecule has 0 aliphatic rings. The van der Waals surface area contributed by atoms with Crippen LogP contribution in [0.1, 0.15) is 22.8 Å². The molecule has 1 N–H and O–H groups in total. The number of anilines is 1. The van der Waals surface area contributed by atoms with Crippen molar-refractivity contribution in [3.05, 3.63) is 47.7 Å². The maximum absolute atomic E-state index is 12.6. The number of carbonyl (C=O) groups excluding carboxylic acids is 1. The molecule has 0 saturated carbocycles. The van der Waals surface area contributed by atoms with Gasteiger partial charge in [-0.15, -0.1) is 0 Å². The summed E-state index contributed by atoms with van der Waals surface area (Å²) in [5.74, 6) is -0.722. The molecule has 0 spiro atoms. The molecule has 6 nitrogen and oxygen atoms in total. The van der Waals surface area contributed by atoms with E-state index in [0.29, 0.717) is 12.0 Å². The Labute approximate surface area is 150 Å². The van der Waals surface area contributed by atoms with Crippen LogP contribution in [0.5, 0.6) is 5.88 Å². The lowest BCUT2D eigenvalue weighted by Gasteiger charge is -2.13. The van der Waals surface area contributed by atoms with E-state index >= 15 is 0 Å². The molecule has 0 atom stereocenters. The number of nitrogens with zero attached hydrogens (tertiary/aromatic N) is 1. The highest BCUT2D eigenvalue weighted by atomic mass is 32.2. The topological polar surface area (TPSA) is 85.4 Å². The normalized spacial score (nSPS) is 11.4. The van der Waals surface area contributed by atoms with Crippen LogP contribution >= 0.6 is 0 Å². The highest BCUT2D eigenvalue weighted by molar-refractivity contribution is 7.90. The van der Waals surface area contributed by atoms with Crippen molar-refractivity contribution in [3.8, 4) is 5.88 Å². The number of pyridine rings is 1. The van der Waals surface area contributed by atoms with E-state index in [1.54, 1.807) is 6.07 Å². The first-order chi connectivity index (χ1) is 12.2. The van der Waals surface area contributed by atoms with Crippen LogP contribution in [0.4, 0.5) is 14.5 Å². The molecule has 9 heteroatoms. The van der Waals surface area contributed by atoms with E-state index in [2.05, 4.69) is 10.3 Å². The monoisotopic (exact) mass is 384 g/mol. The summed E-state index contributed by atoms with van der Waals surface area (Å²) in [6.45, 7) is 0.969. The molecular formula is C17H18F2N2O4S. The van der Waals surface area contributed by atoms with E-state index in [1.165, 1.54) is 30.5 Å².